The van der Waals surface area contributed by atoms with E-state index in [1.54, 1.807) is 10.7 Å². The summed E-state index contributed by atoms with van der Waals surface area (Å²) in [4.78, 5) is 4.13. The van der Waals surface area contributed by atoms with Crippen LogP contribution in [-0.2, 0) is 6.42 Å². The minimum absolute atomic E-state index is 0.413. The standard InChI is InChI=1S/C27H27N7S/c1-3-6-24-23(17-31-34(24)22-9-11-32(2)12-10-22)20-13-26(27-21(15-29)16-30-33(27)18-20)35-25-8-5-4-7-19(25)14-28/h4-5,7-8,13,16-18,22H,3,6,9-12H2,1-2H3. The van der Waals surface area contributed by atoms with Crippen LogP contribution in [0.5, 0.6) is 0 Å². The molecule has 8 heteroatoms. The van der Waals surface area contributed by atoms with Crippen LogP contribution in [0.4, 0.5) is 0 Å². The van der Waals surface area contributed by atoms with Gasteiger partial charge in [0.2, 0.25) is 0 Å². The predicted octanol–water partition coefficient (Wildman–Crippen LogP) is 5.31. The van der Waals surface area contributed by atoms with Gasteiger partial charge >= 0.3 is 0 Å². The van der Waals surface area contributed by atoms with E-state index in [4.69, 9.17) is 5.10 Å². The summed E-state index contributed by atoms with van der Waals surface area (Å²) in [5, 5.41) is 28.6. The molecule has 0 spiro atoms. The summed E-state index contributed by atoms with van der Waals surface area (Å²) in [5.41, 5.74) is 5.27. The van der Waals surface area contributed by atoms with Gasteiger partial charge in [-0.1, -0.05) is 37.2 Å². The summed E-state index contributed by atoms with van der Waals surface area (Å²) < 4.78 is 4.03. The maximum Gasteiger partial charge on any atom is 0.103 e. The van der Waals surface area contributed by atoms with Crippen molar-refractivity contribution in [1.82, 2.24) is 24.3 Å². The van der Waals surface area contributed by atoms with Crippen molar-refractivity contribution in [3.8, 4) is 23.3 Å². The van der Waals surface area contributed by atoms with Crippen LogP contribution in [0.2, 0.25) is 0 Å². The van der Waals surface area contributed by atoms with E-state index in [0.29, 0.717) is 17.2 Å². The number of fused-ring (bicyclic) bond motifs is 1. The summed E-state index contributed by atoms with van der Waals surface area (Å²) in [6, 6.07) is 14.6. The van der Waals surface area contributed by atoms with Crippen LogP contribution in [0, 0.1) is 22.7 Å². The molecule has 0 bridgehead atoms. The number of hydrogen-bond acceptors (Lipinski definition) is 6. The van der Waals surface area contributed by atoms with Crippen LogP contribution < -0.4 is 0 Å². The molecule has 0 aliphatic carbocycles. The van der Waals surface area contributed by atoms with Crippen molar-refractivity contribution in [2.75, 3.05) is 20.1 Å². The summed E-state index contributed by atoms with van der Waals surface area (Å²) in [5.74, 6) is 0. The lowest BCUT2D eigenvalue weighted by Crippen LogP contribution is -2.32. The molecular formula is C27H27N7S. The molecule has 1 fully saturated rings. The fourth-order valence-electron chi connectivity index (χ4n) is 4.83. The zero-order valence-corrected chi connectivity index (χ0v) is 20.8. The normalized spacial score (nSPS) is 14.7. The van der Waals surface area contributed by atoms with Crippen LogP contribution in [0.15, 0.2) is 58.7 Å². The average molecular weight is 482 g/mol. The van der Waals surface area contributed by atoms with Crippen LogP contribution >= 0.6 is 11.8 Å². The number of hydrogen-bond donors (Lipinski definition) is 0. The van der Waals surface area contributed by atoms with Crippen LogP contribution in [0.25, 0.3) is 16.6 Å². The van der Waals surface area contributed by atoms with Crippen molar-refractivity contribution < 1.29 is 0 Å². The second-order valence-corrected chi connectivity index (χ2v) is 10.1. The molecule has 0 N–H and O–H groups in total. The van der Waals surface area contributed by atoms with Gasteiger partial charge in [0.05, 0.1) is 35.1 Å². The molecule has 3 aromatic heterocycles. The fraction of sp³-hybridized carbons (Fsp3) is 0.333. The lowest BCUT2D eigenvalue weighted by molar-refractivity contribution is 0.210. The zero-order valence-electron chi connectivity index (χ0n) is 20.0. The van der Waals surface area contributed by atoms with Crippen molar-refractivity contribution in [3.05, 3.63) is 65.7 Å². The van der Waals surface area contributed by atoms with Gasteiger partial charge in [-0.2, -0.15) is 20.7 Å². The highest BCUT2D eigenvalue weighted by Gasteiger charge is 2.24. The largest absolute Gasteiger partial charge is 0.306 e. The highest BCUT2D eigenvalue weighted by Crippen LogP contribution is 2.38. The molecule has 0 unspecified atom stereocenters. The van der Waals surface area contributed by atoms with E-state index in [9.17, 15) is 10.5 Å². The lowest BCUT2D eigenvalue weighted by atomic mass is 10.0. The number of nitriles is 2. The summed E-state index contributed by atoms with van der Waals surface area (Å²) in [7, 11) is 2.18. The van der Waals surface area contributed by atoms with Crippen LogP contribution in [0.3, 0.4) is 0 Å². The van der Waals surface area contributed by atoms with E-state index < -0.39 is 0 Å². The molecular weight excluding hydrogens is 454 g/mol. The molecule has 1 aliphatic heterocycles. The number of likely N-dealkylation sites (tertiary alicyclic amines) is 1. The molecule has 4 heterocycles. The van der Waals surface area contributed by atoms with E-state index >= 15 is 0 Å². The number of rotatable bonds is 6. The highest BCUT2D eigenvalue weighted by molar-refractivity contribution is 7.99. The smallest absolute Gasteiger partial charge is 0.103 e. The molecule has 0 radical (unpaired) electrons. The fourth-order valence-corrected chi connectivity index (χ4v) is 5.92. The monoisotopic (exact) mass is 481 g/mol. The molecule has 7 nitrogen and oxygen atoms in total. The Labute approximate surface area is 209 Å². The average Bonchev–Trinajstić information content (AvgIpc) is 3.49. The number of pyridine rings is 1. The van der Waals surface area contributed by atoms with Crippen molar-refractivity contribution in [2.24, 2.45) is 0 Å². The maximum atomic E-state index is 9.70. The number of benzene rings is 1. The minimum atomic E-state index is 0.413. The van der Waals surface area contributed by atoms with Gasteiger partial charge in [-0.3, -0.25) is 4.68 Å². The third-order valence-corrected chi connectivity index (χ3v) is 7.76. The first-order valence-electron chi connectivity index (χ1n) is 12.0. The SMILES string of the molecule is CCCc1c(-c2cc(Sc3ccccc3C#N)c3c(C#N)cnn3c2)cnn1C1CCN(C)CC1. The molecule has 4 aromatic rings. The second-order valence-electron chi connectivity index (χ2n) is 9.00. The quantitative estimate of drug-likeness (QED) is 0.371. The van der Waals surface area contributed by atoms with Crippen LogP contribution in [0.1, 0.15) is 49.0 Å². The Kier molecular flexibility index (Phi) is 6.59. The van der Waals surface area contributed by atoms with Gasteiger partial charge in [0.15, 0.2) is 0 Å². The van der Waals surface area contributed by atoms with E-state index in [1.807, 2.05) is 36.7 Å². The van der Waals surface area contributed by atoms with E-state index in [-0.39, 0.29) is 0 Å². The third kappa shape index (κ3) is 4.43. The lowest BCUT2D eigenvalue weighted by Gasteiger charge is -2.30. The molecule has 1 aliphatic rings. The molecule has 5 rings (SSSR count). The number of piperidine rings is 1. The Balaban J connectivity index is 1.63. The van der Waals surface area contributed by atoms with Gasteiger partial charge in [0.1, 0.15) is 12.1 Å². The topological polar surface area (TPSA) is 85.9 Å². The van der Waals surface area contributed by atoms with Crippen molar-refractivity contribution in [1.29, 1.82) is 10.5 Å². The van der Waals surface area contributed by atoms with Gasteiger partial charge in [-0.15, -0.1) is 0 Å². The van der Waals surface area contributed by atoms with E-state index in [2.05, 4.69) is 46.9 Å². The Hall–Kier alpha value is -3.59. The second kappa shape index (κ2) is 9.95. The number of aromatic nitrogens is 4. The summed E-state index contributed by atoms with van der Waals surface area (Å²) in [6.07, 6.45) is 9.76. The third-order valence-electron chi connectivity index (χ3n) is 6.66. The summed E-state index contributed by atoms with van der Waals surface area (Å²) in [6.45, 7) is 4.37. The van der Waals surface area contributed by atoms with Crippen LogP contribution in [-0.4, -0.2) is 44.4 Å². The maximum absolute atomic E-state index is 9.70. The first-order chi connectivity index (χ1) is 17.1. The minimum Gasteiger partial charge on any atom is -0.306 e. The molecule has 1 aromatic carbocycles. The molecule has 0 amide bonds. The molecule has 0 atom stereocenters. The Morgan fingerprint density at radius 2 is 1.80 bits per heavy atom. The Morgan fingerprint density at radius 3 is 2.54 bits per heavy atom. The van der Waals surface area contributed by atoms with Gasteiger partial charge in [-0.05, 0) is 57.6 Å². The van der Waals surface area contributed by atoms with Crippen molar-refractivity contribution in [3.63, 3.8) is 0 Å². The van der Waals surface area contributed by atoms with Gasteiger partial charge in [0, 0.05) is 32.8 Å². The molecule has 35 heavy (non-hydrogen) atoms. The molecule has 0 saturated carbocycles. The first kappa shape index (κ1) is 23.2. The molecule has 176 valence electrons. The zero-order chi connectivity index (χ0) is 24.4. The van der Waals surface area contributed by atoms with Gasteiger partial charge in [-0.25, -0.2) is 4.52 Å². The predicted molar refractivity (Wildman–Crippen MR) is 136 cm³/mol. The van der Waals surface area contributed by atoms with Crippen molar-refractivity contribution in [2.45, 2.75) is 48.4 Å². The first-order valence-corrected chi connectivity index (χ1v) is 12.8. The Bertz CT molecular complexity index is 1440. The van der Waals surface area contributed by atoms with E-state index in [1.165, 1.54) is 17.5 Å². The van der Waals surface area contributed by atoms with Crippen molar-refractivity contribution >= 4 is 17.3 Å². The Morgan fingerprint density at radius 1 is 1.03 bits per heavy atom. The highest BCUT2D eigenvalue weighted by atomic mass is 32.2. The molecule has 1 saturated heterocycles. The van der Waals surface area contributed by atoms with Gasteiger partial charge in [0.25, 0.3) is 0 Å². The summed E-state index contributed by atoms with van der Waals surface area (Å²) >= 11 is 1.50. The van der Waals surface area contributed by atoms with Gasteiger partial charge < -0.3 is 4.90 Å². The van der Waals surface area contributed by atoms with E-state index in [0.717, 1.165) is 65.2 Å². The number of nitrogens with zero attached hydrogens (tertiary/aromatic N) is 7.